The van der Waals surface area contributed by atoms with E-state index in [1.54, 1.807) is 61.5 Å². The van der Waals surface area contributed by atoms with Gasteiger partial charge in [-0.05, 0) is 13.0 Å². The average Bonchev–Trinajstić information content (AvgIpc) is 2.66. The van der Waals surface area contributed by atoms with Gasteiger partial charge in [-0.1, -0.05) is 48.5 Å². The second-order valence-electron chi connectivity index (χ2n) is 5.54. The van der Waals surface area contributed by atoms with Crippen LogP contribution in [0.3, 0.4) is 0 Å². The number of aromatic nitrogens is 1. The second-order valence-corrected chi connectivity index (χ2v) is 5.54. The summed E-state index contributed by atoms with van der Waals surface area (Å²) in [5.41, 5.74) is 0.672. The van der Waals surface area contributed by atoms with Crippen LogP contribution in [0, 0.1) is 0 Å². The van der Waals surface area contributed by atoms with E-state index in [0.717, 1.165) is 6.07 Å². The number of nitrogens with one attached hydrogen (secondary N) is 1. The standard InChI is InChI=1S/C20H17NO5/c1-2-25-20(24)18(13-8-4-3-5-9-13)26-19(23)15-12-17(22)21-16-11-7-6-10-14(15)16/h3-12,18H,2H2,1H3,(H,21,22)/t18-/m0/s1. The minimum atomic E-state index is -1.21. The summed E-state index contributed by atoms with van der Waals surface area (Å²) < 4.78 is 10.5. The molecule has 6 heteroatoms. The number of ether oxygens (including phenoxy) is 2. The van der Waals surface area contributed by atoms with Crippen molar-refractivity contribution in [3.8, 4) is 0 Å². The fourth-order valence-electron chi connectivity index (χ4n) is 2.64. The Bertz CT molecular complexity index is 994. The van der Waals surface area contributed by atoms with E-state index in [-0.39, 0.29) is 12.2 Å². The van der Waals surface area contributed by atoms with Crippen LogP contribution in [0.2, 0.25) is 0 Å². The smallest absolute Gasteiger partial charge is 0.352 e. The highest BCUT2D eigenvalue weighted by atomic mass is 16.6. The van der Waals surface area contributed by atoms with Gasteiger partial charge in [0, 0.05) is 22.5 Å². The molecule has 1 heterocycles. The van der Waals surface area contributed by atoms with Crippen LogP contribution in [-0.4, -0.2) is 23.5 Å². The number of H-pyrrole nitrogens is 1. The van der Waals surface area contributed by atoms with Crippen molar-refractivity contribution >= 4 is 22.8 Å². The fraction of sp³-hybridized carbons (Fsp3) is 0.150. The fourth-order valence-corrected chi connectivity index (χ4v) is 2.64. The van der Waals surface area contributed by atoms with Gasteiger partial charge in [-0.3, -0.25) is 4.79 Å². The summed E-state index contributed by atoms with van der Waals surface area (Å²) in [7, 11) is 0. The molecule has 3 aromatic rings. The van der Waals surface area contributed by atoms with E-state index in [0.29, 0.717) is 16.5 Å². The molecular weight excluding hydrogens is 334 g/mol. The van der Waals surface area contributed by atoms with Crippen molar-refractivity contribution < 1.29 is 19.1 Å². The lowest BCUT2D eigenvalue weighted by Crippen LogP contribution is -2.23. The Hall–Kier alpha value is -3.41. The van der Waals surface area contributed by atoms with Gasteiger partial charge in [-0.25, -0.2) is 9.59 Å². The van der Waals surface area contributed by atoms with Crippen molar-refractivity contribution in [3.05, 3.63) is 82.1 Å². The number of hydrogen-bond acceptors (Lipinski definition) is 5. The highest BCUT2D eigenvalue weighted by Gasteiger charge is 2.27. The molecule has 0 aliphatic heterocycles. The van der Waals surface area contributed by atoms with E-state index in [2.05, 4.69) is 4.98 Å². The first-order valence-corrected chi connectivity index (χ1v) is 8.14. The molecule has 6 nitrogen and oxygen atoms in total. The number of esters is 2. The molecule has 1 N–H and O–H groups in total. The molecule has 2 aromatic carbocycles. The molecule has 0 saturated heterocycles. The molecule has 0 radical (unpaired) electrons. The van der Waals surface area contributed by atoms with E-state index in [9.17, 15) is 14.4 Å². The number of fused-ring (bicyclic) bond motifs is 1. The predicted molar refractivity (Wildman–Crippen MR) is 95.8 cm³/mol. The number of carbonyl (C=O) groups excluding carboxylic acids is 2. The third-order valence-electron chi connectivity index (χ3n) is 3.80. The Kier molecular flexibility index (Phi) is 5.12. The van der Waals surface area contributed by atoms with Crippen LogP contribution in [0.15, 0.2) is 65.5 Å². The molecule has 0 fully saturated rings. The van der Waals surface area contributed by atoms with E-state index >= 15 is 0 Å². The van der Waals surface area contributed by atoms with E-state index in [1.807, 2.05) is 0 Å². The zero-order chi connectivity index (χ0) is 18.5. The van der Waals surface area contributed by atoms with Gasteiger partial charge < -0.3 is 14.5 Å². The van der Waals surface area contributed by atoms with Gasteiger partial charge in [-0.2, -0.15) is 0 Å². The summed E-state index contributed by atoms with van der Waals surface area (Å²) in [4.78, 5) is 39.5. The maximum atomic E-state index is 12.7. The number of aromatic amines is 1. The van der Waals surface area contributed by atoms with Crippen molar-refractivity contribution in [2.75, 3.05) is 6.61 Å². The van der Waals surface area contributed by atoms with Crippen LogP contribution in [0.1, 0.15) is 28.9 Å². The third kappa shape index (κ3) is 3.64. The third-order valence-corrected chi connectivity index (χ3v) is 3.80. The monoisotopic (exact) mass is 351 g/mol. The number of benzene rings is 2. The highest BCUT2D eigenvalue weighted by Crippen LogP contribution is 2.23. The molecule has 0 spiro atoms. The lowest BCUT2D eigenvalue weighted by atomic mass is 10.1. The molecule has 1 aromatic heterocycles. The number of para-hydroxylation sites is 1. The summed E-state index contributed by atoms with van der Waals surface area (Å²) in [6.45, 7) is 1.83. The highest BCUT2D eigenvalue weighted by molar-refractivity contribution is 6.03. The normalized spacial score (nSPS) is 11.7. The predicted octanol–water partition coefficient (Wildman–Crippen LogP) is 2.99. The van der Waals surface area contributed by atoms with Gasteiger partial charge in [0.25, 0.3) is 0 Å². The van der Waals surface area contributed by atoms with Crippen LogP contribution in [0.25, 0.3) is 10.9 Å². The van der Waals surface area contributed by atoms with Crippen LogP contribution in [0.5, 0.6) is 0 Å². The summed E-state index contributed by atoms with van der Waals surface area (Å²) in [5.74, 6) is -1.43. The quantitative estimate of drug-likeness (QED) is 0.714. The first-order chi connectivity index (χ1) is 12.6. The molecule has 26 heavy (non-hydrogen) atoms. The Morgan fingerprint density at radius 2 is 1.73 bits per heavy atom. The lowest BCUT2D eigenvalue weighted by Gasteiger charge is -2.17. The largest absolute Gasteiger partial charge is 0.463 e. The Morgan fingerprint density at radius 1 is 1.04 bits per heavy atom. The van der Waals surface area contributed by atoms with Crippen molar-refractivity contribution in [1.29, 1.82) is 0 Å². The van der Waals surface area contributed by atoms with Gasteiger partial charge in [0.2, 0.25) is 11.7 Å². The van der Waals surface area contributed by atoms with Crippen molar-refractivity contribution in [2.24, 2.45) is 0 Å². The average molecular weight is 351 g/mol. The SMILES string of the molecule is CCOC(=O)[C@@H](OC(=O)c1cc(=O)[nH]c2ccccc12)c1ccccc1. The van der Waals surface area contributed by atoms with Crippen LogP contribution in [-0.2, 0) is 14.3 Å². The lowest BCUT2D eigenvalue weighted by molar-refractivity contribution is -0.153. The maximum absolute atomic E-state index is 12.7. The topological polar surface area (TPSA) is 85.5 Å². The van der Waals surface area contributed by atoms with Crippen molar-refractivity contribution in [1.82, 2.24) is 4.98 Å². The zero-order valence-corrected chi connectivity index (χ0v) is 14.1. The van der Waals surface area contributed by atoms with Crippen LogP contribution >= 0.6 is 0 Å². The van der Waals surface area contributed by atoms with E-state index in [4.69, 9.17) is 9.47 Å². The summed E-state index contributed by atoms with van der Waals surface area (Å²) in [6.07, 6.45) is -1.21. The van der Waals surface area contributed by atoms with Crippen molar-refractivity contribution in [3.63, 3.8) is 0 Å². The molecule has 3 rings (SSSR count). The van der Waals surface area contributed by atoms with E-state index in [1.165, 1.54) is 0 Å². The molecule has 0 bridgehead atoms. The van der Waals surface area contributed by atoms with Crippen molar-refractivity contribution in [2.45, 2.75) is 13.0 Å². The Labute approximate surface area is 149 Å². The molecule has 132 valence electrons. The van der Waals surface area contributed by atoms with Gasteiger partial charge in [0.05, 0.1) is 12.2 Å². The molecule has 0 aliphatic carbocycles. The van der Waals surface area contributed by atoms with Gasteiger partial charge in [-0.15, -0.1) is 0 Å². The molecule has 0 unspecified atom stereocenters. The number of carbonyl (C=O) groups is 2. The molecular formula is C20H17NO5. The molecule has 0 amide bonds. The number of hydrogen-bond donors (Lipinski definition) is 1. The zero-order valence-electron chi connectivity index (χ0n) is 14.1. The summed E-state index contributed by atoms with van der Waals surface area (Å²) in [6, 6.07) is 16.6. The van der Waals surface area contributed by atoms with Crippen LogP contribution < -0.4 is 5.56 Å². The minimum Gasteiger partial charge on any atom is -0.463 e. The second kappa shape index (κ2) is 7.65. The molecule has 0 saturated carbocycles. The Balaban J connectivity index is 1.98. The summed E-state index contributed by atoms with van der Waals surface area (Å²) >= 11 is 0. The van der Waals surface area contributed by atoms with Gasteiger partial charge in [0.1, 0.15) is 0 Å². The minimum absolute atomic E-state index is 0.0922. The maximum Gasteiger partial charge on any atom is 0.352 e. The number of rotatable bonds is 5. The number of pyridine rings is 1. The summed E-state index contributed by atoms with van der Waals surface area (Å²) in [5, 5.41) is 0.535. The Morgan fingerprint density at radius 3 is 2.46 bits per heavy atom. The molecule has 1 atom stereocenters. The first-order valence-electron chi connectivity index (χ1n) is 8.14. The van der Waals surface area contributed by atoms with Crippen LogP contribution in [0.4, 0.5) is 0 Å². The molecule has 0 aliphatic rings. The first kappa shape index (κ1) is 17.4. The van der Waals surface area contributed by atoms with E-state index < -0.39 is 23.6 Å². The van der Waals surface area contributed by atoms with Gasteiger partial charge in [0.15, 0.2) is 0 Å². The van der Waals surface area contributed by atoms with Gasteiger partial charge >= 0.3 is 11.9 Å².